The number of phenolic OH excluding ortho intramolecular Hbond substituents is 3. The van der Waals surface area contributed by atoms with Crippen molar-refractivity contribution in [2.24, 2.45) is 0 Å². The lowest BCUT2D eigenvalue weighted by Crippen LogP contribution is -2.38. The summed E-state index contributed by atoms with van der Waals surface area (Å²) >= 11 is 0. The number of aromatic hydroxyl groups is 3. The highest BCUT2D eigenvalue weighted by Gasteiger charge is 2.44. The summed E-state index contributed by atoms with van der Waals surface area (Å²) in [5.41, 5.74) is -2.83. The molecule has 7 heteroatoms. The van der Waals surface area contributed by atoms with E-state index in [0.717, 1.165) is 0 Å². The second-order valence-electron chi connectivity index (χ2n) is 6.93. The molecule has 2 aromatic rings. The van der Waals surface area contributed by atoms with Crippen molar-refractivity contribution in [3.63, 3.8) is 0 Å². The number of phenols is 3. The van der Waals surface area contributed by atoms with Gasteiger partial charge in [0.15, 0.2) is 23.1 Å². The third kappa shape index (κ3) is 1.94. The van der Waals surface area contributed by atoms with Crippen molar-refractivity contribution < 1.29 is 34.8 Å². The number of benzene rings is 2. The van der Waals surface area contributed by atoms with Gasteiger partial charge in [0.25, 0.3) is 0 Å². The van der Waals surface area contributed by atoms with E-state index in [-0.39, 0.29) is 40.7 Å². The maximum atomic E-state index is 13.0. The quantitative estimate of drug-likeness (QED) is 0.449. The zero-order valence-electron chi connectivity index (χ0n) is 13.7. The lowest BCUT2D eigenvalue weighted by Gasteiger charge is -2.32. The van der Waals surface area contributed by atoms with Gasteiger partial charge in [0.2, 0.25) is 5.78 Å². The first kappa shape index (κ1) is 16.3. The molecule has 0 saturated heterocycles. The van der Waals surface area contributed by atoms with Crippen LogP contribution >= 0.6 is 0 Å². The number of fused-ring (bicyclic) bond motifs is 4. The van der Waals surface area contributed by atoms with Crippen molar-refractivity contribution in [3.8, 4) is 17.2 Å². The average Bonchev–Trinajstić information content (AvgIpc) is 2.55. The van der Waals surface area contributed by atoms with Crippen LogP contribution in [0.15, 0.2) is 18.2 Å². The molecule has 0 aromatic heterocycles. The summed E-state index contributed by atoms with van der Waals surface area (Å²) in [4.78, 5) is 38.4. The summed E-state index contributed by atoms with van der Waals surface area (Å²) in [5, 5.41) is 40.9. The predicted molar refractivity (Wildman–Crippen MR) is 88.0 cm³/mol. The number of ketones is 3. The monoisotopic (exact) mass is 354 g/mol. The normalized spacial score (nSPS) is 21.2. The molecule has 4 rings (SSSR count). The minimum Gasteiger partial charge on any atom is -0.507 e. The second-order valence-corrected chi connectivity index (χ2v) is 6.93. The maximum Gasteiger partial charge on any atom is 0.202 e. The Balaban J connectivity index is 2.12. The lowest BCUT2D eigenvalue weighted by atomic mass is 9.72. The predicted octanol–water partition coefficient (Wildman–Crippen LogP) is 1.46. The van der Waals surface area contributed by atoms with E-state index >= 15 is 0 Å². The van der Waals surface area contributed by atoms with E-state index in [1.165, 1.54) is 25.1 Å². The van der Waals surface area contributed by atoms with Crippen LogP contribution in [-0.2, 0) is 6.42 Å². The highest BCUT2D eigenvalue weighted by molar-refractivity contribution is 6.33. The first-order valence-corrected chi connectivity index (χ1v) is 7.92. The van der Waals surface area contributed by atoms with Crippen LogP contribution in [0.5, 0.6) is 17.2 Å². The van der Waals surface area contributed by atoms with Crippen molar-refractivity contribution in [2.75, 3.05) is 0 Å². The van der Waals surface area contributed by atoms with Crippen molar-refractivity contribution in [1.82, 2.24) is 0 Å². The molecule has 2 aliphatic rings. The van der Waals surface area contributed by atoms with Crippen LogP contribution in [0.4, 0.5) is 0 Å². The molecule has 132 valence electrons. The molecule has 0 fully saturated rings. The van der Waals surface area contributed by atoms with Gasteiger partial charge in [0.05, 0.1) is 16.7 Å². The molecular formula is C19H14O7. The largest absolute Gasteiger partial charge is 0.507 e. The molecule has 1 atom stereocenters. The molecule has 0 aliphatic heterocycles. The number of Topliss-reactive ketones (excluding diaryl/α,β-unsaturated/α-hetero) is 1. The SMILES string of the molecule is CC1(O)CC(=O)c2c(c(O)c(O)c3c2C(=O)c2cccc(O)c2C3=O)C1. The van der Waals surface area contributed by atoms with Gasteiger partial charge in [0, 0.05) is 35.1 Å². The average molecular weight is 354 g/mol. The molecule has 0 bridgehead atoms. The highest BCUT2D eigenvalue weighted by atomic mass is 16.3. The first-order chi connectivity index (χ1) is 12.1. The molecule has 0 heterocycles. The molecule has 26 heavy (non-hydrogen) atoms. The van der Waals surface area contributed by atoms with Gasteiger partial charge in [-0.1, -0.05) is 12.1 Å². The minimum absolute atomic E-state index is 0.0627. The number of hydrogen-bond donors (Lipinski definition) is 4. The van der Waals surface area contributed by atoms with E-state index in [4.69, 9.17) is 0 Å². The number of rotatable bonds is 0. The van der Waals surface area contributed by atoms with Crippen molar-refractivity contribution in [3.05, 3.63) is 51.6 Å². The molecule has 2 aliphatic carbocycles. The molecular weight excluding hydrogens is 340 g/mol. The molecule has 0 spiro atoms. The summed E-state index contributed by atoms with van der Waals surface area (Å²) in [6.07, 6.45) is -0.444. The Morgan fingerprint density at radius 2 is 1.54 bits per heavy atom. The van der Waals surface area contributed by atoms with Crippen LogP contribution in [0.3, 0.4) is 0 Å². The van der Waals surface area contributed by atoms with Gasteiger partial charge in [-0.25, -0.2) is 0 Å². The van der Waals surface area contributed by atoms with E-state index < -0.39 is 45.8 Å². The summed E-state index contributed by atoms with van der Waals surface area (Å²) in [5.74, 6) is -4.14. The number of aliphatic hydroxyl groups is 1. The fourth-order valence-corrected chi connectivity index (χ4v) is 3.81. The van der Waals surface area contributed by atoms with E-state index in [0.29, 0.717) is 0 Å². The maximum absolute atomic E-state index is 13.0. The summed E-state index contributed by atoms with van der Waals surface area (Å²) in [7, 11) is 0. The summed E-state index contributed by atoms with van der Waals surface area (Å²) in [6, 6.07) is 3.97. The fraction of sp³-hybridized carbons (Fsp3) is 0.211. The van der Waals surface area contributed by atoms with Gasteiger partial charge in [0.1, 0.15) is 5.75 Å². The zero-order valence-corrected chi connectivity index (χ0v) is 13.7. The van der Waals surface area contributed by atoms with E-state index in [1.807, 2.05) is 0 Å². The van der Waals surface area contributed by atoms with Gasteiger partial charge in [-0.05, 0) is 13.0 Å². The third-order valence-corrected chi connectivity index (χ3v) is 4.89. The second kappa shape index (κ2) is 4.92. The Labute approximate surface area is 147 Å². The van der Waals surface area contributed by atoms with Gasteiger partial charge >= 0.3 is 0 Å². The first-order valence-electron chi connectivity index (χ1n) is 7.92. The van der Waals surface area contributed by atoms with Gasteiger partial charge in [-0.3, -0.25) is 14.4 Å². The van der Waals surface area contributed by atoms with Crippen LogP contribution in [-0.4, -0.2) is 43.4 Å². The molecule has 0 amide bonds. The highest BCUT2D eigenvalue weighted by Crippen LogP contribution is 2.47. The zero-order chi connectivity index (χ0) is 19.0. The van der Waals surface area contributed by atoms with E-state index in [9.17, 15) is 34.8 Å². The van der Waals surface area contributed by atoms with Gasteiger partial charge in [-0.2, -0.15) is 0 Å². The Hall–Kier alpha value is -3.19. The molecule has 1 unspecified atom stereocenters. The van der Waals surface area contributed by atoms with Crippen molar-refractivity contribution in [2.45, 2.75) is 25.4 Å². The lowest BCUT2D eigenvalue weighted by molar-refractivity contribution is 0.0402. The smallest absolute Gasteiger partial charge is 0.202 e. The number of carbonyl (C=O) groups excluding carboxylic acids is 3. The third-order valence-electron chi connectivity index (χ3n) is 4.89. The fourth-order valence-electron chi connectivity index (χ4n) is 3.81. The van der Waals surface area contributed by atoms with Crippen LogP contribution in [0.2, 0.25) is 0 Å². The van der Waals surface area contributed by atoms with Crippen molar-refractivity contribution in [1.29, 1.82) is 0 Å². The Kier molecular flexibility index (Phi) is 3.08. The van der Waals surface area contributed by atoms with Gasteiger partial charge in [-0.15, -0.1) is 0 Å². The molecule has 4 N–H and O–H groups in total. The van der Waals surface area contributed by atoms with Gasteiger partial charge < -0.3 is 20.4 Å². The molecule has 2 aromatic carbocycles. The summed E-state index contributed by atoms with van der Waals surface area (Å²) < 4.78 is 0. The summed E-state index contributed by atoms with van der Waals surface area (Å²) in [6.45, 7) is 1.41. The Bertz CT molecular complexity index is 1050. The van der Waals surface area contributed by atoms with Crippen LogP contribution in [0, 0.1) is 0 Å². The Morgan fingerprint density at radius 1 is 0.846 bits per heavy atom. The minimum atomic E-state index is -1.44. The molecule has 7 nitrogen and oxygen atoms in total. The van der Waals surface area contributed by atoms with Crippen molar-refractivity contribution >= 4 is 17.3 Å². The van der Waals surface area contributed by atoms with E-state index in [2.05, 4.69) is 0 Å². The molecule has 0 radical (unpaired) electrons. The van der Waals surface area contributed by atoms with E-state index in [1.54, 1.807) is 0 Å². The molecule has 0 saturated carbocycles. The number of carbonyl (C=O) groups is 3. The number of hydrogen-bond acceptors (Lipinski definition) is 7. The Morgan fingerprint density at radius 3 is 2.23 bits per heavy atom. The topological polar surface area (TPSA) is 132 Å². The van der Waals surface area contributed by atoms with Crippen LogP contribution in [0.25, 0.3) is 0 Å². The standard InChI is InChI=1S/C19H14O7/c1-19(26)5-8-11(10(21)6-19)13-14(18(25)16(8)23)17(24)12-7(15(13)22)3-2-4-9(12)20/h2-4,20,23,25-26H,5-6H2,1H3. The van der Waals surface area contributed by atoms with Crippen LogP contribution < -0.4 is 0 Å². The van der Waals surface area contributed by atoms with Crippen LogP contribution in [0.1, 0.15) is 61.1 Å².